The lowest BCUT2D eigenvalue weighted by Crippen LogP contribution is -2.49. The van der Waals surface area contributed by atoms with Crippen LogP contribution in [0.3, 0.4) is 0 Å². The van der Waals surface area contributed by atoms with E-state index in [0.717, 1.165) is 19.3 Å². The monoisotopic (exact) mass is 267 g/mol. The van der Waals surface area contributed by atoms with E-state index in [0.29, 0.717) is 12.8 Å². The van der Waals surface area contributed by atoms with Gasteiger partial charge in [0, 0.05) is 6.04 Å². The Kier molecular flexibility index (Phi) is 3.19. The molecule has 2 aliphatic rings. The molecule has 0 aromatic carbocycles. The van der Waals surface area contributed by atoms with Crippen molar-refractivity contribution in [2.75, 3.05) is 0 Å². The van der Waals surface area contributed by atoms with Crippen molar-refractivity contribution < 1.29 is 14.7 Å². The largest absolute Gasteiger partial charge is 0.480 e. The number of carboxylic acids is 1. The summed E-state index contributed by atoms with van der Waals surface area (Å²) in [6.07, 6.45) is 3.95. The van der Waals surface area contributed by atoms with Gasteiger partial charge in [0.05, 0.1) is 0 Å². The van der Waals surface area contributed by atoms with E-state index in [1.165, 1.54) is 0 Å². The smallest absolute Gasteiger partial charge is 0.319 e. The molecule has 0 atom stereocenters. The number of rotatable bonds is 3. The van der Waals surface area contributed by atoms with Crippen molar-refractivity contribution in [1.29, 1.82) is 0 Å². The number of hydrogen-bond acceptors (Lipinski definition) is 2. The maximum atomic E-state index is 12.2. The number of aliphatic carboxylic acids is 1. The van der Waals surface area contributed by atoms with Gasteiger partial charge in [-0.1, -0.05) is 27.7 Å². The predicted molar refractivity (Wildman–Crippen MR) is 72.6 cm³/mol. The van der Waals surface area contributed by atoms with Gasteiger partial charge >= 0.3 is 5.97 Å². The Hall–Kier alpha value is -1.06. The molecule has 4 nitrogen and oxygen atoms in total. The van der Waals surface area contributed by atoms with Crippen LogP contribution in [0.15, 0.2) is 0 Å². The molecule has 2 aliphatic carbocycles. The molecule has 0 aliphatic heterocycles. The maximum Gasteiger partial charge on any atom is 0.319 e. The zero-order valence-corrected chi connectivity index (χ0v) is 12.4. The van der Waals surface area contributed by atoms with Crippen LogP contribution in [0, 0.1) is 16.2 Å². The lowest BCUT2D eigenvalue weighted by Gasteiger charge is -2.45. The number of amides is 1. The molecule has 0 heterocycles. The molecule has 0 unspecified atom stereocenters. The summed E-state index contributed by atoms with van der Waals surface area (Å²) < 4.78 is 0. The van der Waals surface area contributed by atoms with Gasteiger partial charge in [-0.15, -0.1) is 0 Å². The summed E-state index contributed by atoms with van der Waals surface area (Å²) in [6, 6.07) is 0.100. The third kappa shape index (κ3) is 2.93. The van der Waals surface area contributed by atoms with Crippen LogP contribution in [0.25, 0.3) is 0 Å². The first-order valence-corrected chi connectivity index (χ1v) is 7.11. The second-order valence-electron chi connectivity index (χ2n) is 7.97. The van der Waals surface area contributed by atoms with Gasteiger partial charge in [0.2, 0.25) is 5.91 Å². The van der Waals surface area contributed by atoms with Gasteiger partial charge in [-0.05, 0) is 42.9 Å². The van der Waals surface area contributed by atoms with E-state index in [9.17, 15) is 9.59 Å². The van der Waals surface area contributed by atoms with Gasteiger partial charge in [0.15, 0.2) is 0 Å². The molecule has 0 saturated heterocycles. The molecule has 19 heavy (non-hydrogen) atoms. The molecule has 0 aromatic heterocycles. The summed E-state index contributed by atoms with van der Waals surface area (Å²) in [5.74, 6) is -1.25. The van der Waals surface area contributed by atoms with Crippen LogP contribution in [-0.2, 0) is 9.59 Å². The number of carboxylic acid groups (broad SMARTS) is 1. The van der Waals surface area contributed by atoms with Crippen molar-refractivity contribution in [3.05, 3.63) is 0 Å². The maximum absolute atomic E-state index is 12.2. The topological polar surface area (TPSA) is 66.4 Å². The van der Waals surface area contributed by atoms with E-state index in [4.69, 9.17) is 5.11 Å². The van der Waals surface area contributed by atoms with E-state index in [1.807, 2.05) is 0 Å². The molecule has 1 amide bonds. The first kappa shape index (κ1) is 14.4. The van der Waals surface area contributed by atoms with Crippen molar-refractivity contribution in [3.63, 3.8) is 0 Å². The second kappa shape index (κ2) is 4.22. The van der Waals surface area contributed by atoms with Crippen molar-refractivity contribution in [1.82, 2.24) is 5.32 Å². The molecule has 0 aromatic rings. The Morgan fingerprint density at radius 3 is 1.89 bits per heavy atom. The number of carbonyl (C=O) groups excluding carboxylic acids is 1. The quantitative estimate of drug-likeness (QED) is 0.772. The molecule has 0 radical (unpaired) electrons. The molecule has 2 N–H and O–H groups in total. The number of nitrogens with one attached hydrogen (secondary N) is 1. The van der Waals surface area contributed by atoms with E-state index in [-0.39, 0.29) is 22.8 Å². The molecule has 2 saturated carbocycles. The zero-order chi connectivity index (χ0) is 14.5. The average Bonchev–Trinajstić information content (AvgIpc) is 2.91. The number of carbonyl (C=O) groups is 2. The minimum Gasteiger partial charge on any atom is -0.480 e. The summed E-state index contributed by atoms with van der Waals surface area (Å²) >= 11 is 0. The van der Waals surface area contributed by atoms with Crippen molar-refractivity contribution >= 4 is 11.9 Å². The minimum atomic E-state index is -1.12. The first-order chi connectivity index (χ1) is 8.56. The zero-order valence-electron chi connectivity index (χ0n) is 12.4. The molecule has 0 bridgehead atoms. The summed E-state index contributed by atoms with van der Waals surface area (Å²) in [4.78, 5) is 23.3. The minimum absolute atomic E-state index is 0.100. The van der Waals surface area contributed by atoms with Gasteiger partial charge in [0.1, 0.15) is 5.41 Å². The Morgan fingerprint density at radius 1 is 1.05 bits per heavy atom. The molecule has 2 rings (SSSR count). The van der Waals surface area contributed by atoms with E-state index >= 15 is 0 Å². The summed E-state index contributed by atoms with van der Waals surface area (Å²) in [6.45, 7) is 8.88. The fraction of sp³-hybridized carbons (Fsp3) is 0.867. The van der Waals surface area contributed by atoms with E-state index in [1.54, 1.807) is 0 Å². The van der Waals surface area contributed by atoms with E-state index < -0.39 is 11.4 Å². The highest BCUT2D eigenvalue weighted by Crippen LogP contribution is 2.48. The van der Waals surface area contributed by atoms with Crippen LogP contribution in [0.5, 0.6) is 0 Å². The summed E-state index contributed by atoms with van der Waals surface area (Å²) in [5, 5.41) is 12.1. The van der Waals surface area contributed by atoms with Crippen LogP contribution in [-0.4, -0.2) is 23.0 Å². The highest BCUT2D eigenvalue weighted by atomic mass is 16.4. The van der Waals surface area contributed by atoms with E-state index in [2.05, 4.69) is 33.0 Å². The molecule has 108 valence electrons. The van der Waals surface area contributed by atoms with Crippen LogP contribution in [0.2, 0.25) is 0 Å². The number of hydrogen-bond donors (Lipinski definition) is 2. The SMILES string of the molecule is CC1(C)CC(NC(=O)C2(C(=O)O)CC2)CC(C)(C)C1. The fourth-order valence-corrected chi connectivity index (χ4v) is 3.93. The molecule has 0 spiro atoms. The Labute approximate surface area is 115 Å². The van der Waals surface area contributed by atoms with Gasteiger partial charge in [-0.25, -0.2) is 0 Å². The summed E-state index contributed by atoms with van der Waals surface area (Å²) in [7, 11) is 0. The van der Waals surface area contributed by atoms with Crippen LogP contribution < -0.4 is 5.32 Å². The predicted octanol–water partition coefficient (Wildman–Crippen LogP) is 2.57. The normalized spacial score (nSPS) is 27.6. The molecule has 4 heteroatoms. The molecular weight excluding hydrogens is 242 g/mol. The van der Waals surface area contributed by atoms with Crippen molar-refractivity contribution in [2.24, 2.45) is 16.2 Å². The fourth-order valence-electron chi connectivity index (χ4n) is 3.93. The lowest BCUT2D eigenvalue weighted by molar-refractivity contribution is -0.149. The van der Waals surface area contributed by atoms with Gasteiger partial charge in [-0.3, -0.25) is 9.59 Å². The second-order valence-corrected chi connectivity index (χ2v) is 7.97. The summed E-state index contributed by atoms with van der Waals surface area (Å²) in [5.41, 5.74) is -0.731. The first-order valence-electron chi connectivity index (χ1n) is 7.11. The third-order valence-electron chi connectivity index (χ3n) is 4.48. The average molecular weight is 267 g/mol. The van der Waals surface area contributed by atoms with Crippen LogP contribution in [0.1, 0.15) is 59.8 Å². The standard InChI is InChI=1S/C15H25NO3/c1-13(2)7-10(8-14(3,4)9-13)16-11(17)15(5-6-15)12(18)19/h10H,5-9H2,1-4H3,(H,16,17)(H,18,19). The molecule has 2 fully saturated rings. The highest BCUT2D eigenvalue weighted by molar-refractivity contribution is 6.04. The van der Waals surface area contributed by atoms with Gasteiger partial charge in [-0.2, -0.15) is 0 Å². The van der Waals surface area contributed by atoms with Crippen LogP contribution >= 0.6 is 0 Å². The van der Waals surface area contributed by atoms with Crippen molar-refractivity contribution in [3.8, 4) is 0 Å². The Bertz CT molecular complexity index is 392. The van der Waals surface area contributed by atoms with Gasteiger partial charge in [0.25, 0.3) is 0 Å². The third-order valence-corrected chi connectivity index (χ3v) is 4.48. The Morgan fingerprint density at radius 2 is 1.53 bits per heavy atom. The Balaban J connectivity index is 2.03. The lowest BCUT2D eigenvalue weighted by atomic mass is 9.63. The highest BCUT2D eigenvalue weighted by Gasteiger charge is 2.57. The molecular formula is C15H25NO3. The van der Waals surface area contributed by atoms with Crippen LogP contribution in [0.4, 0.5) is 0 Å². The van der Waals surface area contributed by atoms with Gasteiger partial charge < -0.3 is 10.4 Å². The van der Waals surface area contributed by atoms with Crippen molar-refractivity contribution in [2.45, 2.75) is 65.8 Å².